The van der Waals surface area contributed by atoms with E-state index in [1.165, 1.54) is 0 Å². The van der Waals surface area contributed by atoms with Crippen LogP contribution in [0.1, 0.15) is 0 Å². The van der Waals surface area contributed by atoms with E-state index in [-0.39, 0.29) is 6.03 Å². The van der Waals surface area contributed by atoms with E-state index in [4.69, 9.17) is 0 Å². The van der Waals surface area contributed by atoms with Crippen molar-refractivity contribution in [3.63, 3.8) is 0 Å². The third kappa shape index (κ3) is 2.85. The number of hydrogen-bond acceptors (Lipinski definition) is 2. The van der Waals surface area contributed by atoms with Crippen LogP contribution in [-0.4, -0.2) is 23.5 Å². The van der Waals surface area contributed by atoms with Crippen LogP contribution in [0.4, 0.5) is 10.5 Å². The Kier molecular flexibility index (Phi) is 3.64. The third-order valence-electron chi connectivity index (χ3n) is 1.67. The Labute approximate surface area is 85.2 Å². The van der Waals surface area contributed by atoms with Gasteiger partial charge in [0.05, 0.1) is 0 Å². The predicted molar refractivity (Wildman–Crippen MR) is 56.9 cm³/mol. The van der Waals surface area contributed by atoms with Crippen molar-refractivity contribution >= 4 is 22.5 Å². The van der Waals surface area contributed by atoms with E-state index in [0.29, 0.717) is 5.69 Å². The molecule has 0 fully saturated rings. The zero-order valence-corrected chi connectivity index (χ0v) is 8.85. The van der Waals surface area contributed by atoms with Gasteiger partial charge >= 0.3 is 6.03 Å². The van der Waals surface area contributed by atoms with Gasteiger partial charge in [0.25, 0.3) is 0 Å². The van der Waals surface area contributed by atoms with Gasteiger partial charge < -0.3 is 10.6 Å². The lowest BCUT2D eigenvalue weighted by Gasteiger charge is -2.04. The van der Waals surface area contributed by atoms with Crippen LogP contribution in [0.5, 0.6) is 0 Å². The largest absolute Gasteiger partial charge is 0.341 e. The number of hydrogen-bond donors (Lipinski definition) is 2. The Hall–Kier alpha value is -1.36. The first-order chi connectivity index (χ1) is 6.63. The quantitative estimate of drug-likeness (QED) is 0.773. The van der Waals surface area contributed by atoms with E-state index in [1.807, 2.05) is 0 Å². The summed E-state index contributed by atoms with van der Waals surface area (Å²) in [5.74, 6) is 0. The lowest BCUT2D eigenvalue weighted by molar-refractivity contribution is 0.254. The van der Waals surface area contributed by atoms with Crippen molar-refractivity contribution in [1.82, 2.24) is 5.32 Å². The summed E-state index contributed by atoms with van der Waals surface area (Å²) in [6.45, 7) is 0. The van der Waals surface area contributed by atoms with E-state index in [1.54, 1.807) is 37.6 Å². The molecular weight excluding hydrogens is 200 g/mol. The molecule has 0 aliphatic carbocycles. The van der Waals surface area contributed by atoms with Crippen LogP contribution in [0.3, 0.4) is 0 Å². The first kappa shape index (κ1) is 10.7. The van der Waals surface area contributed by atoms with E-state index in [2.05, 4.69) is 10.6 Å². The monoisotopic (exact) mass is 212 g/mol. The number of urea groups is 1. The lowest BCUT2D eigenvalue weighted by atomic mass is 10.3. The van der Waals surface area contributed by atoms with Crippen molar-refractivity contribution in [2.45, 2.75) is 4.90 Å². The predicted octanol–water partition coefficient (Wildman–Crippen LogP) is 1.18. The summed E-state index contributed by atoms with van der Waals surface area (Å²) in [7, 11) is 0.566. The molecule has 0 radical (unpaired) electrons. The minimum Gasteiger partial charge on any atom is -0.341 e. The van der Waals surface area contributed by atoms with Gasteiger partial charge in [-0.25, -0.2) is 4.79 Å². The molecule has 1 aromatic carbocycles. The van der Waals surface area contributed by atoms with E-state index in [0.717, 1.165) is 4.90 Å². The standard InChI is InChI=1S/C9H12N2O2S/c1-10-9(12)11-7-3-5-8(6-4-7)14(2)13/h3-6H,1-2H3,(H2,10,11,12). The molecular formula is C9H12N2O2S. The second kappa shape index (κ2) is 4.76. The summed E-state index contributed by atoms with van der Waals surface area (Å²) < 4.78 is 11.0. The summed E-state index contributed by atoms with van der Waals surface area (Å²) in [5.41, 5.74) is 0.679. The summed E-state index contributed by atoms with van der Waals surface area (Å²) in [6, 6.07) is 6.61. The highest BCUT2D eigenvalue weighted by molar-refractivity contribution is 7.84. The molecule has 0 bridgehead atoms. The maximum absolute atomic E-state index is 11.0. The average molecular weight is 212 g/mol. The second-order valence-electron chi connectivity index (χ2n) is 2.68. The van der Waals surface area contributed by atoms with Gasteiger partial charge in [0.15, 0.2) is 0 Å². The normalized spacial score (nSPS) is 11.9. The van der Waals surface area contributed by atoms with Crippen LogP contribution in [0.2, 0.25) is 0 Å². The van der Waals surface area contributed by atoms with Gasteiger partial charge in [-0.1, -0.05) is 0 Å². The zero-order chi connectivity index (χ0) is 10.6. The number of rotatable bonds is 2. The molecule has 4 nitrogen and oxygen atoms in total. The lowest BCUT2D eigenvalue weighted by Crippen LogP contribution is -2.24. The topological polar surface area (TPSA) is 58.2 Å². The fourth-order valence-electron chi connectivity index (χ4n) is 0.924. The van der Waals surface area contributed by atoms with Crippen LogP contribution >= 0.6 is 0 Å². The van der Waals surface area contributed by atoms with Gasteiger partial charge in [-0.05, 0) is 24.3 Å². The molecule has 0 heterocycles. The molecule has 0 saturated carbocycles. The third-order valence-corrected chi connectivity index (χ3v) is 2.61. The fourth-order valence-corrected chi connectivity index (χ4v) is 1.44. The van der Waals surface area contributed by atoms with Crippen LogP contribution in [0.15, 0.2) is 29.2 Å². The first-order valence-corrected chi connectivity index (χ1v) is 5.61. The molecule has 0 aliphatic rings. The van der Waals surface area contributed by atoms with Crippen LogP contribution in [0, 0.1) is 0 Å². The zero-order valence-electron chi connectivity index (χ0n) is 8.03. The second-order valence-corrected chi connectivity index (χ2v) is 4.06. The van der Waals surface area contributed by atoms with E-state index < -0.39 is 10.8 Å². The number of anilines is 1. The van der Waals surface area contributed by atoms with Crippen LogP contribution < -0.4 is 10.6 Å². The molecule has 0 aromatic heterocycles. The molecule has 1 aromatic rings. The smallest absolute Gasteiger partial charge is 0.318 e. The number of nitrogens with one attached hydrogen (secondary N) is 2. The Morgan fingerprint density at radius 2 is 1.86 bits per heavy atom. The molecule has 76 valence electrons. The molecule has 1 unspecified atom stereocenters. The van der Waals surface area contributed by atoms with Crippen molar-refractivity contribution in [2.75, 3.05) is 18.6 Å². The number of carbonyl (C=O) groups is 1. The fraction of sp³-hybridized carbons (Fsp3) is 0.222. The highest BCUT2D eigenvalue weighted by Gasteiger charge is 1.99. The molecule has 14 heavy (non-hydrogen) atoms. The average Bonchev–Trinajstić information content (AvgIpc) is 2.18. The van der Waals surface area contributed by atoms with Gasteiger partial charge in [0.1, 0.15) is 0 Å². The van der Waals surface area contributed by atoms with Gasteiger partial charge in [-0.15, -0.1) is 0 Å². The molecule has 1 atom stereocenters. The summed E-state index contributed by atoms with van der Waals surface area (Å²) in [5, 5.41) is 5.05. The summed E-state index contributed by atoms with van der Waals surface area (Å²) in [4.78, 5) is 11.7. The first-order valence-electron chi connectivity index (χ1n) is 4.05. The molecule has 5 heteroatoms. The molecule has 0 saturated heterocycles. The Bertz CT molecular complexity index is 348. The minimum absolute atomic E-state index is 0.268. The summed E-state index contributed by atoms with van der Waals surface area (Å²) >= 11 is 0. The van der Waals surface area contributed by atoms with Crippen molar-refractivity contribution in [3.05, 3.63) is 24.3 Å². The molecule has 2 N–H and O–H groups in total. The number of benzene rings is 1. The molecule has 2 amide bonds. The molecule has 0 aliphatic heterocycles. The van der Waals surface area contributed by atoms with Crippen LogP contribution in [-0.2, 0) is 10.8 Å². The Morgan fingerprint density at radius 3 is 2.29 bits per heavy atom. The van der Waals surface area contributed by atoms with Gasteiger partial charge in [0.2, 0.25) is 0 Å². The summed E-state index contributed by atoms with van der Waals surface area (Å²) in [6.07, 6.45) is 1.61. The van der Waals surface area contributed by atoms with E-state index in [9.17, 15) is 9.00 Å². The van der Waals surface area contributed by atoms with E-state index >= 15 is 0 Å². The minimum atomic E-state index is -0.980. The van der Waals surface area contributed by atoms with Gasteiger partial charge in [-0.2, -0.15) is 0 Å². The number of amides is 2. The maximum atomic E-state index is 11.0. The Morgan fingerprint density at radius 1 is 1.29 bits per heavy atom. The van der Waals surface area contributed by atoms with Crippen molar-refractivity contribution in [3.8, 4) is 0 Å². The Balaban J connectivity index is 2.73. The van der Waals surface area contributed by atoms with Crippen molar-refractivity contribution in [2.24, 2.45) is 0 Å². The molecule has 0 spiro atoms. The van der Waals surface area contributed by atoms with Crippen LogP contribution in [0.25, 0.3) is 0 Å². The maximum Gasteiger partial charge on any atom is 0.318 e. The molecule has 1 rings (SSSR count). The van der Waals surface area contributed by atoms with Gasteiger partial charge in [-0.3, -0.25) is 4.21 Å². The highest BCUT2D eigenvalue weighted by Crippen LogP contribution is 2.11. The van der Waals surface area contributed by atoms with Crippen molar-refractivity contribution < 1.29 is 9.00 Å². The SMILES string of the molecule is CNC(=O)Nc1ccc(S(C)=O)cc1. The van der Waals surface area contributed by atoms with Gasteiger partial charge in [0, 0.05) is 34.7 Å². The number of carbonyl (C=O) groups excluding carboxylic acids is 1. The highest BCUT2D eigenvalue weighted by atomic mass is 32.2. The van der Waals surface area contributed by atoms with Crippen molar-refractivity contribution in [1.29, 1.82) is 0 Å².